The van der Waals surface area contributed by atoms with Crippen LogP contribution in [0.1, 0.15) is 25.3 Å². The summed E-state index contributed by atoms with van der Waals surface area (Å²) in [4.78, 5) is 21.2. The van der Waals surface area contributed by atoms with Crippen LogP contribution in [-0.2, 0) is 0 Å². The maximum Gasteiger partial charge on any atom is 0.354 e. The van der Waals surface area contributed by atoms with Crippen molar-refractivity contribution in [2.24, 2.45) is 0 Å². The molecule has 1 heterocycles. The number of aromatic nitrogens is 2. The maximum atomic E-state index is 11.8. The van der Waals surface area contributed by atoms with E-state index in [0.717, 1.165) is 11.4 Å². The third-order valence-corrected chi connectivity index (χ3v) is 4.29. The molecule has 2 aromatic carbocycles. The van der Waals surface area contributed by atoms with Crippen LogP contribution in [0.25, 0.3) is 0 Å². The second kappa shape index (κ2) is 7.82. The molecule has 138 valence electrons. The van der Waals surface area contributed by atoms with Crippen molar-refractivity contribution in [2.75, 3.05) is 17.3 Å². The van der Waals surface area contributed by atoms with Crippen molar-refractivity contribution in [3.63, 3.8) is 0 Å². The Balaban J connectivity index is 1.97. The lowest BCUT2D eigenvalue weighted by atomic mass is 10.0. The topological polar surface area (TPSA) is 84.2 Å². The molecule has 0 aliphatic heterocycles. The minimum Gasteiger partial charge on any atom is -0.334 e. The fourth-order valence-electron chi connectivity index (χ4n) is 2.74. The third-order valence-electron chi connectivity index (χ3n) is 4.29. The van der Waals surface area contributed by atoms with Crippen LogP contribution in [0.2, 0.25) is 0 Å². The van der Waals surface area contributed by atoms with Crippen LogP contribution in [0.3, 0.4) is 0 Å². The minimum atomic E-state index is -0.459. The van der Waals surface area contributed by atoms with Gasteiger partial charge in [-0.15, -0.1) is 0 Å². The number of nitro groups is 1. The van der Waals surface area contributed by atoms with Gasteiger partial charge >= 0.3 is 5.69 Å². The molecule has 0 aliphatic carbocycles. The van der Waals surface area contributed by atoms with Gasteiger partial charge in [-0.3, -0.25) is 10.1 Å². The molecule has 0 unspecified atom stereocenters. The molecule has 1 N–H and O–H groups in total. The number of nitrogens with one attached hydrogen (secondary N) is 1. The zero-order chi connectivity index (χ0) is 19.4. The summed E-state index contributed by atoms with van der Waals surface area (Å²) >= 11 is 0. The largest absolute Gasteiger partial charge is 0.354 e. The summed E-state index contributed by atoms with van der Waals surface area (Å²) in [5, 5.41) is 14.8. The van der Waals surface area contributed by atoms with E-state index >= 15 is 0 Å². The van der Waals surface area contributed by atoms with Crippen LogP contribution < -0.4 is 10.2 Å². The minimum absolute atomic E-state index is 0.157. The SMILES string of the molecule is CC(C)c1ccc(Nc2ncnc(N(C)c3ccccc3)c2[N+](=O)[O-])cc1. The van der Waals surface area contributed by atoms with Crippen LogP contribution in [0.5, 0.6) is 0 Å². The van der Waals surface area contributed by atoms with E-state index < -0.39 is 4.92 Å². The Labute approximate surface area is 157 Å². The zero-order valence-corrected chi connectivity index (χ0v) is 15.5. The van der Waals surface area contributed by atoms with Gasteiger partial charge in [0.15, 0.2) is 0 Å². The average molecular weight is 363 g/mol. The van der Waals surface area contributed by atoms with Crippen molar-refractivity contribution >= 4 is 28.7 Å². The molecule has 0 aliphatic rings. The first-order chi connectivity index (χ1) is 13.0. The van der Waals surface area contributed by atoms with Gasteiger partial charge in [-0.05, 0) is 35.7 Å². The van der Waals surface area contributed by atoms with Gasteiger partial charge in [0.05, 0.1) is 4.92 Å². The van der Waals surface area contributed by atoms with Crippen molar-refractivity contribution in [2.45, 2.75) is 19.8 Å². The predicted octanol–water partition coefficient (Wildman–Crippen LogP) is 5.02. The molecular weight excluding hydrogens is 342 g/mol. The Bertz CT molecular complexity index is 927. The number of benzene rings is 2. The van der Waals surface area contributed by atoms with Gasteiger partial charge in [0.25, 0.3) is 0 Å². The second-order valence-electron chi connectivity index (χ2n) is 6.45. The summed E-state index contributed by atoms with van der Waals surface area (Å²) in [6.07, 6.45) is 1.33. The van der Waals surface area contributed by atoms with Crippen LogP contribution >= 0.6 is 0 Å². The molecule has 7 heteroatoms. The summed E-state index contributed by atoms with van der Waals surface area (Å²) in [5.41, 5.74) is 2.56. The highest BCUT2D eigenvalue weighted by molar-refractivity contribution is 5.77. The van der Waals surface area contributed by atoms with E-state index in [2.05, 4.69) is 29.1 Å². The molecule has 3 aromatic rings. The summed E-state index contributed by atoms with van der Waals surface area (Å²) in [6.45, 7) is 4.23. The molecule has 0 spiro atoms. The first kappa shape index (κ1) is 18.3. The Hall–Kier alpha value is -3.48. The average Bonchev–Trinajstić information content (AvgIpc) is 2.68. The lowest BCUT2D eigenvalue weighted by Gasteiger charge is -2.19. The number of hydrogen-bond donors (Lipinski definition) is 1. The first-order valence-electron chi connectivity index (χ1n) is 8.62. The fraction of sp³-hybridized carbons (Fsp3) is 0.200. The third kappa shape index (κ3) is 4.03. The number of anilines is 4. The zero-order valence-electron chi connectivity index (χ0n) is 15.5. The van der Waals surface area contributed by atoms with E-state index in [-0.39, 0.29) is 17.3 Å². The number of hydrogen-bond acceptors (Lipinski definition) is 6. The van der Waals surface area contributed by atoms with E-state index in [1.54, 1.807) is 11.9 Å². The number of para-hydroxylation sites is 1. The van der Waals surface area contributed by atoms with Crippen molar-refractivity contribution in [3.8, 4) is 0 Å². The standard InChI is InChI=1S/C20H21N5O2/c1-14(2)15-9-11-16(12-10-15)23-19-18(25(26)27)20(22-13-21-19)24(3)17-7-5-4-6-8-17/h4-14H,1-3H3,(H,21,22,23). The Morgan fingerprint density at radius 1 is 1.04 bits per heavy atom. The summed E-state index contributed by atoms with van der Waals surface area (Å²) in [7, 11) is 1.74. The molecule has 1 aromatic heterocycles. The van der Waals surface area contributed by atoms with Gasteiger partial charge in [-0.1, -0.05) is 44.2 Å². The highest BCUT2D eigenvalue weighted by atomic mass is 16.6. The van der Waals surface area contributed by atoms with E-state index in [4.69, 9.17) is 0 Å². The second-order valence-corrected chi connectivity index (χ2v) is 6.45. The molecule has 0 fully saturated rings. The van der Waals surface area contributed by atoms with Crippen molar-refractivity contribution < 1.29 is 4.92 Å². The van der Waals surface area contributed by atoms with Gasteiger partial charge in [0, 0.05) is 18.4 Å². The normalized spacial score (nSPS) is 10.7. The first-order valence-corrected chi connectivity index (χ1v) is 8.62. The lowest BCUT2D eigenvalue weighted by Crippen LogP contribution is -2.15. The lowest BCUT2D eigenvalue weighted by molar-refractivity contribution is -0.383. The van der Waals surface area contributed by atoms with Crippen molar-refractivity contribution in [1.82, 2.24) is 9.97 Å². The van der Waals surface area contributed by atoms with E-state index in [1.165, 1.54) is 11.9 Å². The molecule has 0 atom stereocenters. The highest BCUT2D eigenvalue weighted by Crippen LogP contribution is 2.36. The van der Waals surface area contributed by atoms with Crippen molar-refractivity contribution in [3.05, 3.63) is 76.6 Å². The molecular formula is C20H21N5O2. The molecule has 0 amide bonds. The fourth-order valence-corrected chi connectivity index (χ4v) is 2.74. The Kier molecular flexibility index (Phi) is 5.30. The number of nitrogens with zero attached hydrogens (tertiary/aromatic N) is 4. The molecule has 0 saturated carbocycles. The molecule has 7 nitrogen and oxygen atoms in total. The summed E-state index contributed by atoms with van der Waals surface area (Å²) < 4.78 is 0. The Morgan fingerprint density at radius 2 is 1.70 bits per heavy atom. The molecule has 0 saturated heterocycles. The molecule has 0 bridgehead atoms. The molecule has 3 rings (SSSR count). The summed E-state index contributed by atoms with van der Waals surface area (Å²) in [5.74, 6) is 0.797. The molecule has 27 heavy (non-hydrogen) atoms. The number of rotatable bonds is 6. The van der Waals surface area contributed by atoms with Gasteiger partial charge in [-0.2, -0.15) is 0 Å². The Morgan fingerprint density at radius 3 is 2.30 bits per heavy atom. The van der Waals surface area contributed by atoms with E-state index in [1.807, 2.05) is 54.6 Å². The van der Waals surface area contributed by atoms with Crippen molar-refractivity contribution in [1.29, 1.82) is 0 Å². The van der Waals surface area contributed by atoms with Gasteiger partial charge in [0.2, 0.25) is 11.6 Å². The highest BCUT2D eigenvalue weighted by Gasteiger charge is 2.26. The quantitative estimate of drug-likeness (QED) is 0.489. The van der Waals surface area contributed by atoms with Gasteiger partial charge < -0.3 is 10.2 Å². The van der Waals surface area contributed by atoms with Crippen LogP contribution in [0, 0.1) is 10.1 Å². The predicted molar refractivity (Wildman–Crippen MR) is 107 cm³/mol. The van der Waals surface area contributed by atoms with Crippen LogP contribution in [0.15, 0.2) is 60.9 Å². The van der Waals surface area contributed by atoms with E-state index in [0.29, 0.717) is 5.92 Å². The van der Waals surface area contributed by atoms with Crippen LogP contribution in [-0.4, -0.2) is 21.9 Å². The van der Waals surface area contributed by atoms with Crippen LogP contribution in [0.4, 0.5) is 28.7 Å². The van der Waals surface area contributed by atoms with Gasteiger partial charge in [0.1, 0.15) is 6.33 Å². The molecule has 0 radical (unpaired) electrons. The maximum absolute atomic E-state index is 11.8. The smallest absolute Gasteiger partial charge is 0.334 e. The van der Waals surface area contributed by atoms with E-state index in [9.17, 15) is 10.1 Å². The monoisotopic (exact) mass is 363 g/mol. The summed E-state index contributed by atoms with van der Waals surface area (Å²) in [6, 6.07) is 17.1. The van der Waals surface area contributed by atoms with Gasteiger partial charge in [-0.25, -0.2) is 9.97 Å².